The molecule has 3 nitrogen and oxygen atoms in total. The molecule has 18 heavy (non-hydrogen) atoms. The Morgan fingerprint density at radius 1 is 1.28 bits per heavy atom. The molecule has 0 aromatic rings. The van der Waals surface area contributed by atoms with Crippen molar-refractivity contribution in [2.75, 3.05) is 40.3 Å². The molecule has 0 bridgehead atoms. The van der Waals surface area contributed by atoms with Crippen molar-refractivity contribution < 1.29 is 0 Å². The van der Waals surface area contributed by atoms with Gasteiger partial charge in [-0.2, -0.15) is 0 Å². The van der Waals surface area contributed by atoms with E-state index >= 15 is 0 Å². The predicted molar refractivity (Wildman–Crippen MR) is 80.1 cm³/mol. The molecule has 1 heterocycles. The Labute approximate surface area is 114 Å². The summed E-state index contributed by atoms with van der Waals surface area (Å²) in [4.78, 5) is 5.11. The molecule has 1 rings (SSSR count). The highest BCUT2D eigenvalue weighted by Crippen LogP contribution is 2.22. The number of hydrogen-bond acceptors (Lipinski definition) is 3. The number of likely N-dealkylation sites (N-methyl/N-ethyl adjacent to an activating group) is 1. The SMILES string of the molecule is CCCNCC(CCC)N1CCCC1CN(C)C. The van der Waals surface area contributed by atoms with Gasteiger partial charge in [0.2, 0.25) is 0 Å². The summed E-state index contributed by atoms with van der Waals surface area (Å²) in [6, 6.07) is 1.52. The molecule has 2 unspecified atom stereocenters. The van der Waals surface area contributed by atoms with Crippen molar-refractivity contribution in [3.8, 4) is 0 Å². The van der Waals surface area contributed by atoms with E-state index in [9.17, 15) is 0 Å². The largest absolute Gasteiger partial charge is 0.315 e. The molecule has 1 saturated heterocycles. The Bertz CT molecular complexity index is 206. The van der Waals surface area contributed by atoms with Gasteiger partial charge in [0.1, 0.15) is 0 Å². The minimum atomic E-state index is 0.744. The van der Waals surface area contributed by atoms with Crippen LogP contribution < -0.4 is 5.32 Å². The number of rotatable bonds is 9. The van der Waals surface area contributed by atoms with Gasteiger partial charge in [-0.1, -0.05) is 20.3 Å². The van der Waals surface area contributed by atoms with Crippen LogP contribution in [-0.4, -0.2) is 62.2 Å². The lowest BCUT2D eigenvalue weighted by molar-refractivity contribution is 0.142. The fraction of sp³-hybridized carbons (Fsp3) is 1.00. The molecule has 0 aromatic carbocycles. The fourth-order valence-corrected chi connectivity index (χ4v) is 3.12. The maximum absolute atomic E-state index is 3.62. The lowest BCUT2D eigenvalue weighted by Gasteiger charge is -2.34. The van der Waals surface area contributed by atoms with E-state index in [1.165, 1.54) is 51.7 Å². The molecule has 1 fully saturated rings. The lowest BCUT2D eigenvalue weighted by Crippen LogP contribution is -2.48. The summed E-state index contributed by atoms with van der Waals surface area (Å²) < 4.78 is 0. The first-order valence-electron chi connectivity index (χ1n) is 7.80. The van der Waals surface area contributed by atoms with Gasteiger partial charge in [-0.3, -0.25) is 4.90 Å². The molecule has 108 valence electrons. The maximum atomic E-state index is 3.62. The van der Waals surface area contributed by atoms with Crippen molar-refractivity contribution in [1.82, 2.24) is 15.1 Å². The van der Waals surface area contributed by atoms with Gasteiger partial charge < -0.3 is 10.2 Å². The van der Waals surface area contributed by atoms with Crippen molar-refractivity contribution in [1.29, 1.82) is 0 Å². The Morgan fingerprint density at radius 2 is 2.06 bits per heavy atom. The van der Waals surface area contributed by atoms with Gasteiger partial charge in [0.05, 0.1) is 0 Å². The molecule has 1 N–H and O–H groups in total. The summed E-state index contributed by atoms with van der Waals surface area (Å²) in [7, 11) is 4.39. The summed E-state index contributed by atoms with van der Waals surface area (Å²) >= 11 is 0. The average molecular weight is 255 g/mol. The van der Waals surface area contributed by atoms with Crippen LogP contribution >= 0.6 is 0 Å². The number of likely N-dealkylation sites (tertiary alicyclic amines) is 1. The van der Waals surface area contributed by atoms with Crippen molar-refractivity contribution >= 4 is 0 Å². The maximum Gasteiger partial charge on any atom is 0.0226 e. The van der Waals surface area contributed by atoms with E-state index in [0.29, 0.717) is 0 Å². The first kappa shape index (κ1) is 15.9. The summed E-state index contributed by atoms with van der Waals surface area (Å²) in [5.41, 5.74) is 0. The van der Waals surface area contributed by atoms with Crippen molar-refractivity contribution in [3.63, 3.8) is 0 Å². The first-order chi connectivity index (χ1) is 8.69. The minimum Gasteiger partial charge on any atom is -0.315 e. The van der Waals surface area contributed by atoms with Gasteiger partial charge in [-0.25, -0.2) is 0 Å². The zero-order valence-electron chi connectivity index (χ0n) is 12.9. The molecule has 3 heteroatoms. The van der Waals surface area contributed by atoms with E-state index in [2.05, 4.69) is 43.1 Å². The van der Waals surface area contributed by atoms with Crippen LogP contribution in [0.15, 0.2) is 0 Å². The van der Waals surface area contributed by atoms with E-state index < -0.39 is 0 Å². The highest BCUT2D eigenvalue weighted by atomic mass is 15.2. The first-order valence-corrected chi connectivity index (χ1v) is 7.80. The number of hydrogen-bond donors (Lipinski definition) is 1. The monoisotopic (exact) mass is 255 g/mol. The van der Waals surface area contributed by atoms with E-state index in [1.54, 1.807) is 0 Å². The second kappa shape index (κ2) is 8.89. The molecular weight excluding hydrogens is 222 g/mol. The molecule has 0 aliphatic carbocycles. The van der Waals surface area contributed by atoms with E-state index in [4.69, 9.17) is 0 Å². The van der Waals surface area contributed by atoms with Gasteiger partial charge in [0, 0.05) is 25.2 Å². The zero-order chi connectivity index (χ0) is 13.4. The topological polar surface area (TPSA) is 18.5 Å². The van der Waals surface area contributed by atoms with Crippen molar-refractivity contribution in [2.24, 2.45) is 0 Å². The summed E-state index contributed by atoms with van der Waals surface area (Å²) in [5, 5.41) is 3.62. The van der Waals surface area contributed by atoms with E-state index in [1.807, 2.05) is 0 Å². The summed E-state index contributed by atoms with van der Waals surface area (Å²) in [6.45, 7) is 9.40. The zero-order valence-corrected chi connectivity index (χ0v) is 12.9. The van der Waals surface area contributed by atoms with Crippen molar-refractivity contribution in [3.05, 3.63) is 0 Å². The Morgan fingerprint density at radius 3 is 2.67 bits per heavy atom. The van der Waals surface area contributed by atoms with Crippen LogP contribution in [0.3, 0.4) is 0 Å². The third-order valence-corrected chi connectivity index (χ3v) is 3.90. The summed E-state index contributed by atoms with van der Waals surface area (Å²) in [6.07, 6.45) is 6.63. The predicted octanol–water partition coefficient (Wildman–Crippen LogP) is 2.18. The molecule has 0 radical (unpaired) electrons. The molecule has 0 spiro atoms. The van der Waals surface area contributed by atoms with Gasteiger partial charge in [-0.15, -0.1) is 0 Å². The molecule has 1 aliphatic heterocycles. The Hall–Kier alpha value is -0.120. The van der Waals surface area contributed by atoms with Gasteiger partial charge in [0.25, 0.3) is 0 Å². The third-order valence-electron chi connectivity index (χ3n) is 3.90. The highest BCUT2D eigenvalue weighted by molar-refractivity contribution is 4.87. The molecule has 1 aliphatic rings. The smallest absolute Gasteiger partial charge is 0.0226 e. The minimum absolute atomic E-state index is 0.744. The molecule has 0 saturated carbocycles. The van der Waals surface area contributed by atoms with Gasteiger partial charge in [-0.05, 0) is 52.9 Å². The normalized spacial score (nSPS) is 22.8. The quantitative estimate of drug-likeness (QED) is 0.637. The van der Waals surface area contributed by atoms with Crippen LogP contribution in [0.5, 0.6) is 0 Å². The standard InChI is InChI=1S/C15H33N3/c1-5-8-14(12-16-10-6-2)18-11-7-9-15(18)13-17(3)4/h14-16H,5-13H2,1-4H3. The summed E-state index contributed by atoms with van der Waals surface area (Å²) in [5.74, 6) is 0. The number of nitrogens with one attached hydrogen (secondary N) is 1. The second-order valence-corrected chi connectivity index (χ2v) is 5.94. The van der Waals surface area contributed by atoms with Crippen LogP contribution in [-0.2, 0) is 0 Å². The van der Waals surface area contributed by atoms with Crippen LogP contribution in [0.1, 0.15) is 46.0 Å². The Balaban J connectivity index is 2.48. The molecule has 2 atom stereocenters. The van der Waals surface area contributed by atoms with E-state index in [0.717, 1.165) is 18.6 Å². The number of nitrogens with zero attached hydrogens (tertiary/aromatic N) is 2. The average Bonchev–Trinajstić information content (AvgIpc) is 2.75. The van der Waals surface area contributed by atoms with Crippen molar-refractivity contribution in [2.45, 2.75) is 58.0 Å². The fourth-order valence-electron chi connectivity index (χ4n) is 3.12. The van der Waals surface area contributed by atoms with E-state index in [-0.39, 0.29) is 0 Å². The third kappa shape index (κ3) is 5.25. The van der Waals surface area contributed by atoms with Gasteiger partial charge >= 0.3 is 0 Å². The Kier molecular flexibility index (Phi) is 7.87. The van der Waals surface area contributed by atoms with Crippen LogP contribution in [0.2, 0.25) is 0 Å². The lowest BCUT2D eigenvalue weighted by atomic mass is 10.1. The molecule has 0 amide bonds. The molecule has 0 aromatic heterocycles. The van der Waals surface area contributed by atoms with Crippen LogP contribution in [0.4, 0.5) is 0 Å². The van der Waals surface area contributed by atoms with Gasteiger partial charge in [0.15, 0.2) is 0 Å². The highest BCUT2D eigenvalue weighted by Gasteiger charge is 2.30. The van der Waals surface area contributed by atoms with Crippen LogP contribution in [0, 0.1) is 0 Å². The molecular formula is C15H33N3. The second-order valence-electron chi connectivity index (χ2n) is 5.94. The van der Waals surface area contributed by atoms with Crippen LogP contribution in [0.25, 0.3) is 0 Å².